The van der Waals surface area contributed by atoms with E-state index in [1.165, 1.54) is 11.1 Å². The molecule has 1 fully saturated rings. The van der Waals surface area contributed by atoms with Crippen molar-refractivity contribution < 1.29 is 4.21 Å². The van der Waals surface area contributed by atoms with E-state index < -0.39 is 10.8 Å². The van der Waals surface area contributed by atoms with Crippen LogP contribution in [0.2, 0.25) is 0 Å². The summed E-state index contributed by atoms with van der Waals surface area (Å²) in [6.45, 7) is 2.17. The normalized spacial score (nSPS) is 36.1. The molecule has 4 unspecified atom stereocenters. The largest absolute Gasteiger partial charge is 0.305 e. The summed E-state index contributed by atoms with van der Waals surface area (Å²) in [6, 6.07) is 9.36. The fourth-order valence-electron chi connectivity index (χ4n) is 3.07. The van der Waals surface area contributed by atoms with Crippen molar-refractivity contribution in [1.82, 2.24) is 5.32 Å². The molecule has 0 amide bonds. The predicted molar refractivity (Wildman–Crippen MR) is 71.5 cm³/mol. The van der Waals surface area contributed by atoms with Gasteiger partial charge >= 0.3 is 0 Å². The fraction of sp³-hybridized carbons (Fsp3) is 0.571. The zero-order valence-electron chi connectivity index (χ0n) is 10.2. The first-order chi connectivity index (χ1) is 8.29. The van der Waals surface area contributed by atoms with Gasteiger partial charge in [0, 0.05) is 28.6 Å². The average molecular weight is 249 g/mol. The van der Waals surface area contributed by atoms with Crippen LogP contribution in [0.25, 0.3) is 0 Å². The number of hydrogen-bond donors (Lipinski definition) is 1. The first kappa shape index (κ1) is 11.4. The molecule has 1 aliphatic carbocycles. The minimum Gasteiger partial charge on any atom is -0.305 e. The fourth-order valence-corrected chi connectivity index (χ4v) is 4.96. The molecule has 1 aliphatic heterocycles. The lowest BCUT2D eigenvalue weighted by atomic mass is 9.86. The standard InChI is InChI=1S/C14H19NOS/c1-2-11-9-17(16)13-8-7-10-5-3-4-6-12(10)14(13)15-11/h3-6,11,13-15H,2,7-9H2,1H3. The molecule has 1 N–H and O–H groups in total. The van der Waals surface area contributed by atoms with Gasteiger partial charge in [0.15, 0.2) is 0 Å². The Labute approximate surface area is 105 Å². The SMILES string of the molecule is CCC1CS(=O)C2CCc3ccccc3C2N1. The van der Waals surface area contributed by atoms with Gasteiger partial charge in [0.25, 0.3) is 0 Å². The van der Waals surface area contributed by atoms with E-state index in [1.54, 1.807) is 0 Å². The van der Waals surface area contributed by atoms with Crippen LogP contribution in [0.3, 0.4) is 0 Å². The van der Waals surface area contributed by atoms with E-state index in [1.807, 2.05) is 0 Å². The van der Waals surface area contributed by atoms with Crippen molar-refractivity contribution in [3.05, 3.63) is 35.4 Å². The summed E-state index contributed by atoms with van der Waals surface area (Å²) in [5.74, 6) is 0.833. The highest BCUT2D eigenvalue weighted by Crippen LogP contribution is 2.36. The molecule has 4 atom stereocenters. The monoisotopic (exact) mass is 249 g/mol. The Bertz CT molecular complexity index is 446. The van der Waals surface area contributed by atoms with Crippen molar-refractivity contribution in [1.29, 1.82) is 0 Å². The third-order valence-corrected chi connectivity index (χ3v) is 5.99. The molecule has 0 aromatic heterocycles. The van der Waals surface area contributed by atoms with Crippen LogP contribution < -0.4 is 5.32 Å². The highest BCUT2D eigenvalue weighted by atomic mass is 32.2. The van der Waals surface area contributed by atoms with Gasteiger partial charge in [-0.1, -0.05) is 31.2 Å². The summed E-state index contributed by atoms with van der Waals surface area (Å²) >= 11 is 0. The molecule has 0 bridgehead atoms. The lowest BCUT2D eigenvalue weighted by Crippen LogP contribution is -2.51. The summed E-state index contributed by atoms with van der Waals surface area (Å²) in [7, 11) is -0.656. The molecule has 3 heteroatoms. The maximum Gasteiger partial charge on any atom is 0.0546 e. The predicted octanol–water partition coefficient (Wildman–Crippen LogP) is 2.17. The van der Waals surface area contributed by atoms with Crippen molar-refractivity contribution in [2.24, 2.45) is 0 Å². The van der Waals surface area contributed by atoms with Crippen LogP contribution in [-0.4, -0.2) is 21.3 Å². The van der Waals surface area contributed by atoms with E-state index in [2.05, 4.69) is 36.5 Å². The Balaban J connectivity index is 1.97. The van der Waals surface area contributed by atoms with E-state index in [-0.39, 0.29) is 0 Å². The lowest BCUT2D eigenvalue weighted by Gasteiger charge is -2.40. The van der Waals surface area contributed by atoms with E-state index >= 15 is 0 Å². The molecular formula is C14H19NOS. The Morgan fingerprint density at radius 3 is 3.06 bits per heavy atom. The third kappa shape index (κ3) is 1.95. The number of hydrogen-bond acceptors (Lipinski definition) is 2. The minimum absolute atomic E-state index is 0.319. The molecule has 92 valence electrons. The van der Waals surface area contributed by atoms with Gasteiger partial charge < -0.3 is 5.32 Å². The van der Waals surface area contributed by atoms with Gasteiger partial charge in [0.2, 0.25) is 0 Å². The molecule has 0 saturated carbocycles. The molecule has 1 aromatic carbocycles. The second-order valence-electron chi connectivity index (χ2n) is 5.07. The van der Waals surface area contributed by atoms with E-state index in [0.717, 1.165) is 25.0 Å². The average Bonchev–Trinajstić information content (AvgIpc) is 2.38. The van der Waals surface area contributed by atoms with E-state index in [0.29, 0.717) is 17.3 Å². The molecule has 1 aromatic rings. The minimum atomic E-state index is -0.656. The number of nitrogens with one attached hydrogen (secondary N) is 1. The van der Waals surface area contributed by atoms with Gasteiger partial charge in [0.05, 0.1) is 5.25 Å². The van der Waals surface area contributed by atoms with Gasteiger partial charge in [0.1, 0.15) is 0 Å². The van der Waals surface area contributed by atoms with Crippen molar-refractivity contribution in [2.45, 2.75) is 43.5 Å². The van der Waals surface area contributed by atoms with Gasteiger partial charge in [-0.25, -0.2) is 0 Å². The molecular weight excluding hydrogens is 230 g/mol. The maximum absolute atomic E-state index is 12.3. The van der Waals surface area contributed by atoms with Crippen LogP contribution >= 0.6 is 0 Å². The zero-order chi connectivity index (χ0) is 11.8. The van der Waals surface area contributed by atoms with Gasteiger partial charge in [-0.05, 0) is 30.4 Å². The van der Waals surface area contributed by atoms with Crippen molar-refractivity contribution >= 4 is 10.8 Å². The molecule has 0 radical (unpaired) electrons. The molecule has 3 rings (SSSR count). The zero-order valence-corrected chi connectivity index (χ0v) is 11.0. The molecule has 1 saturated heterocycles. The second-order valence-corrected chi connectivity index (χ2v) is 6.77. The quantitative estimate of drug-likeness (QED) is 0.826. The van der Waals surface area contributed by atoms with Gasteiger partial charge in [-0.3, -0.25) is 4.21 Å². The smallest absolute Gasteiger partial charge is 0.0546 e. The number of aryl methyl sites for hydroxylation is 1. The van der Waals surface area contributed by atoms with Crippen LogP contribution in [0.15, 0.2) is 24.3 Å². The summed E-state index contributed by atoms with van der Waals surface area (Å²) in [6.07, 6.45) is 3.22. The Hall–Kier alpha value is -0.670. The topological polar surface area (TPSA) is 29.1 Å². The number of rotatable bonds is 1. The number of fused-ring (bicyclic) bond motifs is 3. The molecule has 0 spiro atoms. The Morgan fingerprint density at radius 2 is 2.24 bits per heavy atom. The lowest BCUT2D eigenvalue weighted by molar-refractivity contribution is 0.388. The van der Waals surface area contributed by atoms with Crippen molar-refractivity contribution in [2.75, 3.05) is 5.75 Å². The van der Waals surface area contributed by atoms with Gasteiger partial charge in [-0.2, -0.15) is 0 Å². The second kappa shape index (κ2) is 4.54. The van der Waals surface area contributed by atoms with Crippen molar-refractivity contribution in [3.63, 3.8) is 0 Å². The van der Waals surface area contributed by atoms with E-state index in [4.69, 9.17) is 0 Å². The summed E-state index contributed by atoms with van der Waals surface area (Å²) in [4.78, 5) is 0. The molecule has 1 heterocycles. The summed E-state index contributed by atoms with van der Waals surface area (Å²) in [5, 5.41) is 4.03. The molecule has 2 aliphatic rings. The molecule has 2 nitrogen and oxygen atoms in total. The maximum atomic E-state index is 12.3. The Morgan fingerprint density at radius 1 is 1.41 bits per heavy atom. The van der Waals surface area contributed by atoms with Crippen LogP contribution in [0.4, 0.5) is 0 Å². The highest BCUT2D eigenvalue weighted by Gasteiger charge is 2.38. The highest BCUT2D eigenvalue weighted by molar-refractivity contribution is 7.85. The third-order valence-electron chi connectivity index (χ3n) is 4.07. The summed E-state index contributed by atoms with van der Waals surface area (Å²) < 4.78 is 12.3. The van der Waals surface area contributed by atoms with Crippen LogP contribution in [0.1, 0.15) is 36.9 Å². The van der Waals surface area contributed by atoms with Crippen molar-refractivity contribution in [3.8, 4) is 0 Å². The first-order valence-electron chi connectivity index (χ1n) is 6.50. The first-order valence-corrected chi connectivity index (χ1v) is 7.89. The van der Waals surface area contributed by atoms with Crippen LogP contribution in [0.5, 0.6) is 0 Å². The van der Waals surface area contributed by atoms with Gasteiger partial charge in [-0.15, -0.1) is 0 Å². The Kier molecular flexibility index (Phi) is 3.05. The van der Waals surface area contributed by atoms with E-state index in [9.17, 15) is 4.21 Å². The summed E-state index contributed by atoms with van der Waals surface area (Å²) in [5.41, 5.74) is 2.82. The number of benzene rings is 1. The molecule has 17 heavy (non-hydrogen) atoms. The van der Waals surface area contributed by atoms with Crippen LogP contribution in [0, 0.1) is 0 Å². The van der Waals surface area contributed by atoms with Crippen LogP contribution in [-0.2, 0) is 17.2 Å².